The largest absolute Gasteiger partial charge is 0.490 e. The second-order valence-corrected chi connectivity index (χ2v) is 5.71. The highest BCUT2D eigenvalue weighted by Crippen LogP contribution is 2.29. The molecule has 0 spiro atoms. The number of anilines is 1. The molecule has 0 aliphatic rings. The van der Waals surface area contributed by atoms with Crippen LogP contribution in [0.3, 0.4) is 0 Å². The van der Waals surface area contributed by atoms with E-state index in [-0.39, 0.29) is 5.91 Å². The first-order valence-electron chi connectivity index (χ1n) is 8.49. The molecule has 1 N–H and O–H groups in total. The Morgan fingerprint density at radius 2 is 1.72 bits per heavy atom. The summed E-state index contributed by atoms with van der Waals surface area (Å²) in [6.45, 7) is 8.96. The number of hydrogen-bond donors (Lipinski definition) is 1. The van der Waals surface area contributed by atoms with Crippen molar-refractivity contribution in [2.45, 2.75) is 27.7 Å². The van der Waals surface area contributed by atoms with Crippen LogP contribution < -0.4 is 14.8 Å². The minimum atomic E-state index is -0.166. The van der Waals surface area contributed by atoms with E-state index in [2.05, 4.69) is 5.32 Å². The molecular weight excluding hydrogens is 314 g/mol. The normalized spacial score (nSPS) is 10.7. The Morgan fingerprint density at radius 3 is 2.44 bits per heavy atom. The lowest BCUT2D eigenvalue weighted by molar-refractivity contribution is -0.111. The third-order valence-electron chi connectivity index (χ3n) is 3.65. The van der Waals surface area contributed by atoms with E-state index < -0.39 is 0 Å². The lowest BCUT2D eigenvalue weighted by Crippen LogP contribution is -2.09. The van der Waals surface area contributed by atoms with Crippen LogP contribution in [0.5, 0.6) is 11.5 Å². The van der Waals surface area contributed by atoms with E-state index in [4.69, 9.17) is 9.47 Å². The number of ether oxygens (including phenoxy) is 2. The summed E-state index contributed by atoms with van der Waals surface area (Å²) in [5.74, 6) is 1.23. The fourth-order valence-corrected chi connectivity index (χ4v) is 2.39. The van der Waals surface area contributed by atoms with E-state index in [1.54, 1.807) is 6.08 Å². The van der Waals surface area contributed by atoms with Crippen molar-refractivity contribution < 1.29 is 14.3 Å². The molecule has 0 saturated heterocycles. The maximum atomic E-state index is 12.2. The van der Waals surface area contributed by atoms with Gasteiger partial charge in [-0.25, -0.2) is 0 Å². The highest BCUT2D eigenvalue weighted by Gasteiger charge is 2.06. The van der Waals surface area contributed by atoms with Gasteiger partial charge in [0.25, 0.3) is 0 Å². The highest BCUT2D eigenvalue weighted by atomic mass is 16.5. The topological polar surface area (TPSA) is 47.6 Å². The molecule has 0 bridgehead atoms. The Kier molecular flexibility index (Phi) is 6.63. The van der Waals surface area contributed by atoms with E-state index >= 15 is 0 Å². The molecule has 2 rings (SSSR count). The summed E-state index contributed by atoms with van der Waals surface area (Å²) in [5, 5.41) is 2.91. The summed E-state index contributed by atoms with van der Waals surface area (Å²) in [6, 6.07) is 11.6. The number of amides is 1. The van der Waals surface area contributed by atoms with Crippen LogP contribution in [0.25, 0.3) is 6.08 Å². The minimum absolute atomic E-state index is 0.166. The van der Waals surface area contributed by atoms with Crippen LogP contribution in [-0.4, -0.2) is 19.1 Å². The standard InChI is InChI=1S/C21H25NO3/c1-5-24-19-11-9-17(14-20(19)25-6-2)10-12-21(23)22-18-13-15(3)7-8-16(18)4/h7-14H,5-6H2,1-4H3,(H,22,23). The lowest BCUT2D eigenvalue weighted by Gasteiger charge is -2.11. The van der Waals surface area contributed by atoms with Crippen molar-refractivity contribution in [2.24, 2.45) is 0 Å². The molecule has 1 amide bonds. The smallest absolute Gasteiger partial charge is 0.248 e. The first-order valence-corrected chi connectivity index (χ1v) is 8.49. The molecule has 4 nitrogen and oxygen atoms in total. The van der Waals surface area contributed by atoms with E-state index in [0.717, 1.165) is 22.4 Å². The zero-order chi connectivity index (χ0) is 18.2. The second-order valence-electron chi connectivity index (χ2n) is 5.71. The Bertz CT molecular complexity index is 766. The number of carbonyl (C=O) groups excluding carboxylic acids is 1. The van der Waals surface area contributed by atoms with E-state index in [1.165, 1.54) is 6.08 Å². The maximum Gasteiger partial charge on any atom is 0.248 e. The zero-order valence-electron chi connectivity index (χ0n) is 15.3. The number of nitrogens with one attached hydrogen (secondary N) is 1. The Balaban J connectivity index is 2.11. The first-order chi connectivity index (χ1) is 12.0. The molecule has 0 fully saturated rings. The molecular formula is C21H25NO3. The molecule has 0 aliphatic heterocycles. The van der Waals surface area contributed by atoms with Gasteiger partial charge in [-0.1, -0.05) is 18.2 Å². The fraction of sp³-hybridized carbons (Fsp3) is 0.286. The predicted octanol–water partition coefficient (Wildman–Crippen LogP) is 4.75. The van der Waals surface area contributed by atoms with Crippen LogP contribution in [0, 0.1) is 13.8 Å². The van der Waals surface area contributed by atoms with Crippen molar-refractivity contribution in [3.63, 3.8) is 0 Å². The van der Waals surface area contributed by atoms with Crippen LogP contribution >= 0.6 is 0 Å². The maximum absolute atomic E-state index is 12.2. The van der Waals surface area contributed by atoms with E-state index in [0.29, 0.717) is 24.7 Å². The number of benzene rings is 2. The molecule has 132 valence electrons. The second kappa shape index (κ2) is 8.92. The van der Waals surface area contributed by atoms with Gasteiger partial charge in [0.05, 0.1) is 13.2 Å². The SMILES string of the molecule is CCOc1ccc(C=CC(=O)Nc2cc(C)ccc2C)cc1OCC. The van der Waals surface area contributed by atoms with Crippen LogP contribution in [0.2, 0.25) is 0 Å². The molecule has 0 heterocycles. The number of carbonyl (C=O) groups is 1. The molecule has 0 saturated carbocycles. The molecule has 25 heavy (non-hydrogen) atoms. The van der Waals surface area contributed by atoms with Crippen molar-refractivity contribution in [2.75, 3.05) is 18.5 Å². The summed E-state index contributed by atoms with van der Waals surface area (Å²) in [7, 11) is 0. The molecule has 0 aromatic heterocycles. The molecule has 0 radical (unpaired) electrons. The van der Waals surface area contributed by atoms with Crippen molar-refractivity contribution in [1.82, 2.24) is 0 Å². The average molecular weight is 339 g/mol. The summed E-state index contributed by atoms with van der Waals surface area (Å²) in [5.41, 5.74) is 3.85. The molecule has 0 unspecified atom stereocenters. The minimum Gasteiger partial charge on any atom is -0.490 e. The third kappa shape index (κ3) is 5.38. The van der Waals surface area contributed by atoms with Gasteiger partial charge in [-0.05, 0) is 68.7 Å². The van der Waals surface area contributed by atoms with Crippen LogP contribution in [0.4, 0.5) is 5.69 Å². The van der Waals surface area contributed by atoms with Gasteiger partial charge in [0.15, 0.2) is 11.5 Å². The monoisotopic (exact) mass is 339 g/mol. The van der Waals surface area contributed by atoms with Crippen molar-refractivity contribution >= 4 is 17.7 Å². The van der Waals surface area contributed by atoms with Gasteiger partial charge in [-0.15, -0.1) is 0 Å². The van der Waals surface area contributed by atoms with Crippen LogP contribution in [-0.2, 0) is 4.79 Å². The number of aryl methyl sites for hydroxylation is 2. The van der Waals surface area contributed by atoms with Crippen LogP contribution in [0.15, 0.2) is 42.5 Å². The Morgan fingerprint density at radius 1 is 1.00 bits per heavy atom. The molecule has 0 aliphatic carbocycles. The molecule has 4 heteroatoms. The van der Waals surface area contributed by atoms with Crippen LogP contribution in [0.1, 0.15) is 30.5 Å². The van der Waals surface area contributed by atoms with E-state index in [9.17, 15) is 4.79 Å². The lowest BCUT2D eigenvalue weighted by atomic mass is 10.1. The van der Waals surface area contributed by atoms with E-state index in [1.807, 2.05) is 64.1 Å². The molecule has 2 aromatic rings. The number of hydrogen-bond acceptors (Lipinski definition) is 3. The summed E-state index contributed by atoms with van der Waals surface area (Å²) < 4.78 is 11.1. The first kappa shape index (κ1) is 18.6. The zero-order valence-corrected chi connectivity index (χ0v) is 15.3. The quantitative estimate of drug-likeness (QED) is 0.740. The van der Waals surface area contributed by atoms with Gasteiger partial charge < -0.3 is 14.8 Å². The molecule has 2 aromatic carbocycles. The average Bonchev–Trinajstić information content (AvgIpc) is 2.59. The fourth-order valence-electron chi connectivity index (χ4n) is 2.39. The van der Waals surface area contributed by atoms with Gasteiger partial charge in [0.1, 0.15) is 0 Å². The Hall–Kier alpha value is -2.75. The van der Waals surface area contributed by atoms with Gasteiger partial charge in [-0.3, -0.25) is 4.79 Å². The third-order valence-corrected chi connectivity index (χ3v) is 3.65. The summed E-state index contributed by atoms with van der Waals surface area (Å²) >= 11 is 0. The van der Waals surface area contributed by atoms with Crippen molar-refractivity contribution in [3.05, 3.63) is 59.2 Å². The predicted molar refractivity (Wildman–Crippen MR) is 102 cm³/mol. The summed E-state index contributed by atoms with van der Waals surface area (Å²) in [4.78, 5) is 12.2. The summed E-state index contributed by atoms with van der Waals surface area (Å²) in [6.07, 6.45) is 3.28. The molecule has 0 atom stereocenters. The number of rotatable bonds is 7. The van der Waals surface area contributed by atoms with Gasteiger partial charge in [0, 0.05) is 11.8 Å². The van der Waals surface area contributed by atoms with Gasteiger partial charge >= 0.3 is 0 Å². The highest BCUT2D eigenvalue weighted by molar-refractivity contribution is 6.02. The van der Waals surface area contributed by atoms with Crippen molar-refractivity contribution in [3.8, 4) is 11.5 Å². The van der Waals surface area contributed by atoms with Gasteiger partial charge in [0.2, 0.25) is 5.91 Å². The Labute approximate surface area is 149 Å². The van der Waals surface area contributed by atoms with Gasteiger partial charge in [-0.2, -0.15) is 0 Å². The van der Waals surface area contributed by atoms with Crippen molar-refractivity contribution in [1.29, 1.82) is 0 Å².